The second kappa shape index (κ2) is 8.48. The number of hydrogen-bond acceptors (Lipinski definition) is 3. The highest BCUT2D eigenvalue weighted by molar-refractivity contribution is 7.10. The number of hydrogen-bond donors (Lipinski definition) is 2. The molecule has 0 radical (unpaired) electrons. The second-order valence-electron chi connectivity index (χ2n) is 5.70. The summed E-state index contributed by atoms with van der Waals surface area (Å²) in [5.41, 5.74) is 3.45. The summed E-state index contributed by atoms with van der Waals surface area (Å²) in [6.45, 7) is 6.42. The minimum atomic E-state index is 0.589. The molecule has 2 heterocycles. The quantitative estimate of drug-likeness (QED) is 0.527. The Morgan fingerprint density at radius 3 is 2.76 bits per heavy atom. The van der Waals surface area contributed by atoms with Crippen molar-refractivity contribution in [2.75, 3.05) is 6.54 Å². The average Bonchev–Trinajstić information content (AvgIpc) is 3.27. The lowest BCUT2D eigenvalue weighted by Gasteiger charge is -2.10. The van der Waals surface area contributed by atoms with Gasteiger partial charge < -0.3 is 10.6 Å². The first kappa shape index (κ1) is 17.2. The Bertz CT molecular complexity index is 819. The predicted molar refractivity (Wildman–Crippen MR) is 104 cm³/mol. The third-order valence-electron chi connectivity index (χ3n) is 3.81. The molecule has 0 aliphatic carbocycles. The molecule has 0 aliphatic rings. The standard InChI is InChI=1S/C19H23N5S/c1-3-20-19(22-13-18-15(2)9-10-25-18)21-11-16-12-23-24(14-16)17-7-5-4-6-8-17/h4-10,12,14H,3,11,13H2,1-2H3,(H2,20,21,22). The largest absolute Gasteiger partial charge is 0.357 e. The van der Waals surface area contributed by atoms with Gasteiger partial charge in [-0.25, -0.2) is 9.67 Å². The number of thiophene rings is 1. The van der Waals surface area contributed by atoms with E-state index in [1.807, 2.05) is 47.4 Å². The van der Waals surface area contributed by atoms with Gasteiger partial charge in [-0.2, -0.15) is 5.10 Å². The topological polar surface area (TPSA) is 54.2 Å². The highest BCUT2D eigenvalue weighted by Gasteiger charge is 2.04. The van der Waals surface area contributed by atoms with Crippen molar-refractivity contribution in [1.82, 2.24) is 20.4 Å². The molecule has 5 nitrogen and oxygen atoms in total. The highest BCUT2D eigenvalue weighted by atomic mass is 32.1. The number of benzene rings is 1. The van der Waals surface area contributed by atoms with Crippen LogP contribution in [0.4, 0.5) is 0 Å². The summed E-state index contributed by atoms with van der Waals surface area (Å²) in [7, 11) is 0. The second-order valence-corrected chi connectivity index (χ2v) is 6.70. The number of aromatic nitrogens is 2. The minimum absolute atomic E-state index is 0.589. The Morgan fingerprint density at radius 2 is 2.04 bits per heavy atom. The Hall–Kier alpha value is -2.60. The van der Waals surface area contributed by atoms with Crippen molar-refractivity contribution in [3.8, 4) is 5.69 Å². The van der Waals surface area contributed by atoms with Gasteiger partial charge in [0.15, 0.2) is 5.96 Å². The van der Waals surface area contributed by atoms with Gasteiger partial charge in [0, 0.05) is 23.2 Å². The molecule has 2 aromatic heterocycles. The third kappa shape index (κ3) is 4.70. The van der Waals surface area contributed by atoms with Crippen molar-refractivity contribution < 1.29 is 0 Å². The van der Waals surface area contributed by atoms with E-state index in [9.17, 15) is 0 Å². The molecule has 3 rings (SSSR count). The monoisotopic (exact) mass is 353 g/mol. The van der Waals surface area contributed by atoms with Gasteiger partial charge in [-0.15, -0.1) is 11.3 Å². The lowest BCUT2D eigenvalue weighted by molar-refractivity contribution is 0.821. The summed E-state index contributed by atoms with van der Waals surface area (Å²) < 4.78 is 1.88. The molecule has 0 saturated carbocycles. The zero-order chi connectivity index (χ0) is 17.5. The summed E-state index contributed by atoms with van der Waals surface area (Å²) in [4.78, 5) is 6.00. The van der Waals surface area contributed by atoms with Crippen LogP contribution in [0.1, 0.15) is 22.9 Å². The number of aliphatic imine (C=N–C) groups is 1. The first-order valence-electron chi connectivity index (χ1n) is 8.40. The number of guanidine groups is 1. The van der Waals surface area contributed by atoms with Gasteiger partial charge >= 0.3 is 0 Å². The molecule has 0 bridgehead atoms. The molecule has 0 atom stereocenters. The molecule has 0 unspecified atom stereocenters. The van der Waals surface area contributed by atoms with Crippen LogP contribution in [0.25, 0.3) is 5.69 Å². The zero-order valence-corrected chi connectivity index (χ0v) is 15.4. The fraction of sp³-hybridized carbons (Fsp3) is 0.263. The SMILES string of the molecule is CCNC(=NCc1cnn(-c2ccccc2)c1)NCc1sccc1C. The Balaban J connectivity index is 1.63. The molecule has 0 saturated heterocycles. The maximum atomic E-state index is 4.67. The minimum Gasteiger partial charge on any atom is -0.357 e. The number of rotatable bonds is 6. The van der Waals surface area contributed by atoms with Crippen LogP contribution in [0.3, 0.4) is 0 Å². The molecule has 25 heavy (non-hydrogen) atoms. The molecule has 0 spiro atoms. The van der Waals surface area contributed by atoms with Crippen molar-refractivity contribution >= 4 is 17.3 Å². The van der Waals surface area contributed by atoms with Crippen molar-refractivity contribution in [3.63, 3.8) is 0 Å². The van der Waals surface area contributed by atoms with Crippen LogP contribution in [-0.2, 0) is 13.1 Å². The van der Waals surface area contributed by atoms with E-state index in [2.05, 4.69) is 46.0 Å². The van der Waals surface area contributed by atoms with Crippen LogP contribution >= 0.6 is 11.3 Å². The number of nitrogens with one attached hydrogen (secondary N) is 2. The lowest BCUT2D eigenvalue weighted by Crippen LogP contribution is -2.36. The molecule has 0 amide bonds. The van der Waals surface area contributed by atoms with Gasteiger partial charge in [0.25, 0.3) is 0 Å². The van der Waals surface area contributed by atoms with E-state index in [1.54, 1.807) is 11.3 Å². The van der Waals surface area contributed by atoms with Crippen molar-refractivity contribution in [2.24, 2.45) is 4.99 Å². The first-order valence-corrected chi connectivity index (χ1v) is 9.28. The molecular weight excluding hydrogens is 330 g/mol. The van der Waals surface area contributed by atoms with Crippen LogP contribution in [0.2, 0.25) is 0 Å². The van der Waals surface area contributed by atoms with E-state index in [1.165, 1.54) is 10.4 Å². The van der Waals surface area contributed by atoms with Crippen LogP contribution < -0.4 is 10.6 Å². The van der Waals surface area contributed by atoms with Gasteiger partial charge in [-0.1, -0.05) is 18.2 Å². The molecule has 6 heteroatoms. The number of para-hydroxylation sites is 1. The molecule has 3 aromatic rings. The molecule has 0 fully saturated rings. The van der Waals surface area contributed by atoms with Crippen LogP contribution in [-0.4, -0.2) is 22.3 Å². The smallest absolute Gasteiger partial charge is 0.191 e. The molecule has 0 aliphatic heterocycles. The molecule has 130 valence electrons. The molecule has 2 N–H and O–H groups in total. The summed E-state index contributed by atoms with van der Waals surface area (Å²) in [5.74, 6) is 0.822. The van der Waals surface area contributed by atoms with E-state index in [4.69, 9.17) is 0 Å². The van der Waals surface area contributed by atoms with Gasteiger partial charge in [0.05, 0.1) is 25.0 Å². The summed E-state index contributed by atoms with van der Waals surface area (Å²) in [6, 6.07) is 12.2. The maximum absolute atomic E-state index is 4.67. The summed E-state index contributed by atoms with van der Waals surface area (Å²) in [5, 5.41) is 13.2. The van der Waals surface area contributed by atoms with Gasteiger partial charge in [0.1, 0.15) is 0 Å². The van der Waals surface area contributed by atoms with E-state index in [-0.39, 0.29) is 0 Å². The molecular formula is C19H23N5S. The van der Waals surface area contributed by atoms with Crippen LogP contribution in [0.5, 0.6) is 0 Å². The van der Waals surface area contributed by atoms with Crippen molar-refractivity contribution in [1.29, 1.82) is 0 Å². The Kier molecular flexibility index (Phi) is 5.85. The van der Waals surface area contributed by atoms with Gasteiger partial charge in [0.2, 0.25) is 0 Å². The Morgan fingerprint density at radius 1 is 1.20 bits per heavy atom. The predicted octanol–water partition coefficient (Wildman–Crippen LogP) is 3.50. The van der Waals surface area contributed by atoms with Crippen molar-refractivity contribution in [3.05, 3.63) is 70.2 Å². The lowest BCUT2D eigenvalue weighted by atomic mass is 10.3. The number of aryl methyl sites for hydroxylation is 1. The maximum Gasteiger partial charge on any atom is 0.191 e. The van der Waals surface area contributed by atoms with Crippen LogP contribution in [0.15, 0.2) is 59.2 Å². The van der Waals surface area contributed by atoms with Gasteiger partial charge in [-0.3, -0.25) is 0 Å². The van der Waals surface area contributed by atoms with E-state index in [0.717, 1.165) is 30.3 Å². The average molecular weight is 353 g/mol. The third-order valence-corrected chi connectivity index (χ3v) is 4.83. The van der Waals surface area contributed by atoms with E-state index < -0.39 is 0 Å². The summed E-state index contributed by atoms with van der Waals surface area (Å²) in [6.07, 6.45) is 3.88. The van der Waals surface area contributed by atoms with E-state index >= 15 is 0 Å². The fourth-order valence-corrected chi connectivity index (χ4v) is 3.27. The van der Waals surface area contributed by atoms with Crippen LogP contribution in [0, 0.1) is 6.92 Å². The summed E-state index contributed by atoms with van der Waals surface area (Å²) >= 11 is 1.77. The molecule has 1 aromatic carbocycles. The van der Waals surface area contributed by atoms with Crippen molar-refractivity contribution in [2.45, 2.75) is 26.9 Å². The first-order chi connectivity index (χ1) is 12.3. The van der Waals surface area contributed by atoms with Gasteiger partial charge in [-0.05, 0) is 43.0 Å². The normalized spacial score (nSPS) is 11.5. The number of nitrogens with zero attached hydrogens (tertiary/aromatic N) is 3. The fourth-order valence-electron chi connectivity index (χ4n) is 2.42. The highest BCUT2D eigenvalue weighted by Crippen LogP contribution is 2.14. The van der Waals surface area contributed by atoms with E-state index in [0.29, 0.717) is 6.54 Å². The zero-order valence-electron chi connectivity index (χ0n) is 14.6. The Labute approximate surface area is 152 Å².